The van der Waals surface area contributed by atoms with Gasteiger partial charge in [-0.2, -0.15) is 0 Å². The smallest absolute Gasteiger partial charge is 0.227 e. The zero-order valence-electron chi connectivity index (χ0n) is 15.8. The average molecular weight is 404 g/mol. The molecular formula is C25H25PTi. The molecule has 1 saturated carbocycles. The van der Waals surface area contributed by atoms with Gasteiger partial charge in [0.25, 0.3) is 0 Å². The van der Waals surface area contributed by atoms with Gasteiger partial charge in [0.15, 0.2) is 0 Å². The van der Waals surface area contributed by atoms with Gasteiger partial charge in [-0.3, -0.25) is 0 Å². The Kier molecular flexibility index (Phi) is 7.25. The SMILES string of the molecule is C1=CCC2CC[CH-]C2=C1.Cc1[cH-]c2ccccc2c1Pc1ccccc1.[Ti+2]. The van der Waals surface area contributed by atoms with Crippen LogP contribution in [-0.2, 0) is 21.7 Å². The first-order valence-corrected chi connectivity index (χ1v) is 10.5. The molecular weight excluding hydrogens is 379 g/mol. The molecule has 0 aliphatic heterocycles. The quantitative estimate of drug-likeness (QED) is 0.280. The zero-order chi connectivity index (χ0) is 17.8. The molecule has 0 N–H and O–H groups in total. The predicted molar refractivity (Wildman–Crippen MR) is 117 cm³/mol. The standard InChI is InChI=1S/C16H14P.C9H11.Ti/c1-12-11-13-7-5-6-10-15(13)16(12)17-14-8-3-2-4-9-14;1-2-5-9-7-3-6-8(9)4-1;/h2-11,17H,1H3;1-2,4,6,9H,3,5,7H2;/q2*-1;+2. The van der Waals surface area contributed by atoms with Crippen molar-refractivity contribution in [3.05, 3.63) is 96.4 Å². The Hall–Kier alpha value is -1.46. The third-order valence-electron chi connectivity index (χ3n) is 5.25. The Labute approximate surface area is 179 Å². The molecule has 0 amide bonds. The Bertz CT molecular complexity index is 933. The summed E-state index contributed by atoms with van der Waals surface area (Å²) in [6, 6.07) is 21.7. The van der Waals surface area contributed by atoms with Crippen molar-refractivity contribution in [3.8, 4) is 0 Å². The van der Waals surface area contributed by atoms with Crippen LogP contribution in [0.15, 0.2) is 84.5 Å². The monoisotopic (exact) mass is 404 g/mol. The first-order chi connectivity index (χ1) is 12.8. The van der Waals surface area contributed by atoms with Crippen molar-refractivity contribution in [2.75, 3.05) is 0 Å². The number of hydrogen-bond donors (Lipinski definition) is 0. The molecule has 5 rings (SSSR count). The topological polar surface area (TPSA) is 0 Å². The van der Waals surface area contributed by atoms with Crippen molar-refractivity contribution in [1.29, 1.82) is 0 Å². The average Bonchev–Trinajstić information content (AvgIpc) is 3.28. The van der Waals surface area contributed by atoms with Gasteiger partial charge in [0.2, 0.25) is 0 Å². The van der Waals surface area contributed by atoms with Crippen LogP contribution >= 0.6 is 8.58 Å². The molecule has 1 fully saturated rings. The number of aryl methyl sites for hydroxylation is 1. The molecule has 3 aromatic carbocycles. The number of fused-ring (bicyclic) bond motifs is 2. The Morgan fingerprint density at radius 1 is 1.00 bits per heavy atom. The van der Waals surface area contributed by atoms with Gasteiger partial charge in [0, 0.05) is 0 Å². The second kappa shape index (κ2) is 9.65. The fourth-order valence-electron chi connectivity index (χ4n) is 3.86. The summed E-state index contributed by atoms with van der Waals surface area (Å²) in [5.74, 6) is 0.884. The number of hydrogen-bond acceptors (Lipinski definition) is 0. The first-order valence-electron chi connectivity index (χ1n) is 9.48. The summed E-state index contributed by atoms with van der Waals surface area (Å²) < 4.78 is 0. The van der Waals surface area contributed by atoms with E-state index in [0.29, 0.717) is 0 Å². The fourth-order valence-corrected chi connectivity index (χ4v) is 5.14. The third-order valence-corrected chi connectivity index (χ3v) is 6.79. The van der Waals surface area contributed by atoms with Crippen LogP contribution in [0.3, 0.4) is 0 Å². The van der Waals surface area contributed by atoms with Gasteiger partial charge in [-0.25, -0.2) is 18.1 Å². The van der Waals surface area contributed by atoms with Crippen LogP contribution in [0.1, 0.15) is 24.8 Å². The molecule has 2 atom stereocenters. The Morgan fingerprint density at radius 3 is 2.59 bits per heavy atom. The molecule has 0 saturated heterocycles. The molecule has 3 aromatic rings. The summed E-state index contributed by atoms with van der Waals surface area (Å²) in [6.07, 6.45) is 13.0. The number of allylic oxidation sites excluding steroid dienone is 4. The summed E-state index contributed by atoms with van der Waals surface area (Å²) >= 11 is 0. The van der Waals surface area contributed by atoms with Crippen molar-refractivity contribution in [2.45, 2.75) is 26.2 Å². The van der Waals surface area contributed by atoms with E-state index in [0.717, 1.165) is 14.5 Å². The maximum atomic E-state index is 2.37. The van der Waals surface area contributed by atoms with Gasteiger partial charge in [0.1, 0.15) is 0 Å². The van der Waals surface area contributed by atoms with Crippen LogP contribution in [0.5, 0.6) is 0 Å². The minimum atomic E-state index is 0. The number of benzene rings is 2. The van der Waals surface area contributed by atoms with Crippen molar-refractivity contribution in [1.82, 2.24) is 0 Å². The molecule has 2 unspecified atom stereocenters. The van der Waals surface area contributed by atoms with E-state index in [9.17, 15) is 0 Å². The van der Waals surface area contributed by atoms with E-state index in [1.807, 2.05) is 0 Å². The maximum absolute atomic E-state index is 2.37. The molecule has 0 aromatic heterocycles. The second-order valence-corrected chi connectivity index (χ2v) is 8.42. The van der Waals surface area contributed by atoms with E-state index in [1.165, 1.54) is 46.2 Å². The molecule has 0 nitrogen and oxygen atoms in total. The minimum Gasteiger partial charge on any atom is -0.227 e. The van der Waals surface area contributed by atoms with Gasteiger partial charge in [-0.1, -0.05) is 49.7 Å². The third kappa shape index (κ3) is 4.88. The van der Waals surface area contributed by atoms with E-state index in [2.05, 4.69) is 92.2 Å². The molecule has 0 bridgehead atoms. The van der Waals surface area contributed by atoms with Crippen LogP contribution in [0, 0.1) is 19.3 Å². The van der Waals surface area contributed by atoms with Gasteiger partial charge in [-0.05, 0) is 17.6 Å². The molecule has 2 heteroatoms. The van der Waals surface area contributed by atoms with Crippen molar-refractivity contribution in [2.24, 2.45) is 5.92 Å². The van der Waals surface area contributed by atoms with E-state index in [1.54, 1.807) is 5.57 Å². The van der Waals surface area contributed by atoms with Crippen LogP contribution in [0.2, 0.25) is 0 Å². The summed E-state index contributed by atoms with van der Waals surface area (Å²) in [4.78, 5) is 0. The second-order valence-electron chi connectivity index (χ2n) is 7.09. The zero-order valence-corrected chi connectivity index (χ0v) is 18.3. The van der Waals surface area contributed by atoms with Crippen LogP contribution < -0.4 is 10.6 Å². The molecule has 2 aliphatic rings. The molecule has 0 spiro atoms. The minimum absolute atomic E-state index is 0. The van der Waals surface area contributed by atoms with Gasteiger partial charge >= 0.3 is 21.7 Å². The van der Waals surface area contributed by atoms with Crippen LogP contribution in [-0.4, -0.2) is 0 Å². The summed E-state index contributed by atoms with van der Waals surface area (Å²) in [5.41, 5.74) is 2.99. The van der Waals surface area contributed by atoms with E-state index in [-0.39, 0.29) is 21.7 Å². The molecule has 0 radical (unpaired) electrons. The van der Waals surface area contributed by atoms with Crippen molar-refractivity contribution < 1.29 is 21.7 Å². The van der Waals surface area contributed by atoms with E-state index >= 15 is 0 Å². The fraction of sp³-hybridized carbons (Fsp3) is 0.200. The number of rotatable bonds is 2. The normalized spacial score (nSPS) is 17.7. The van der Waals surface area contributed by atoms with E-state index < -0.39 is 0 Å². The van der Waals surface area contributed by atoms with Crippen LogP contribution in [0.4, 0.5) is 0 Å². The molecule has 27 heavy (non-hydrogen) atoms. The van der Waals surface area contributed by atoms with Gasteiger partial charge in [-0.15, -0.1) is 73.1 Å². The largest absolute Gasteiger partial charge is 2.00 e. The van der Waals surface area contributed by atoms with Gasteiger partial charge < -0.3 is 0 Å². The van der Waals surface area contributed by atoms with Gasteiger partial charge in [0.05, 0.1) is 0 Å². The predicted octanol–water partition coefficient (Wildman–Crippen LogP) is 5.98. The summed E-state index contributed by atoms with van der Waals surface area (Å²) in [5, 5.41) is 5.68. The first kappa shape index (κ1) is 20.3. The molecule has 0 heterocycles. The van der Waals surface area contributed by atoms with Crippen LogP contribution in [0.25, 0.3) is 10.8 Å². The van der Waals surface area contributed by atoms with Crippen molar-refractivity contribution in [3.63, 3.8) is 0 Å². The molecule has 134 valence electrons. The Balaban J connectivity index is 0.000000178. The maximum Gasteiger partial charge on any atom is 2.00 e. The molecule has 2 aliphatic carbocycles. The van der Waals surface area contributed by atoms with Crippen molar-refractivity contribution >= 4 is 30.0 Å². The van der Waals surface area contributed by atoms with E-state index in [4.69, 9.17) is 0 Å². The Morgan fingerprint density at radius 2 is 1.78 bits per heavy atom. The summed E-state index contributed by atoms with van der Waals surface area (Å²) in [7, 11) is 0.754. The summed E-state index contributed by atoms with van der Waals surface area (Å²) in [6.45, 7) is 2.21.